The second kappa shape index (κ2) is 5.19. The van der Waals surface area contributed by atoms with Crippen molar-refractivity contribution in [3.8, 4) is 6.07 Å². The Morgan fingerprint density at radius 3 is 2.61 bits per heavy atom. The summed E-state index contributed by atoms with van der Waals surface area (Å²) in [7, 11) is 0. The first-order chi connectivity index (χ1) is 8.58. The molecule has 1 aromatic heterocycles. The third-order valence-electron chi connectivity index (χ3n) is 3.63. The Labute approximate surface area is 113 Å². The predicted octanol–water partition coefficient (Wildman–Crippen LogP) is 3.93. The highest BCUT2D eigenvalue weighted by Crippen LogP contribution is 2.50. The van der Waals surface area contributed by atoms with Crippen LogP contribution in [0.2, 0.25) is 0 Å². The lowest BCUT2D eigenvalue weighted by Crippen LogP contribution is -2.24. The molecule has 3 nitrogen and oxygen atoms in total. The van der Waals surface area contributed by atoms with Crippen LogP contribution in [0.1, 0.15) is 56.4 Å². The fourth-order valence-electron chi connectivity index (χ4n) is 2.33. The Morgan fingerprint density at radius 1 is 1.50 bits per heavy atom. The van der Waals surface area contributed by atoms with Crippen molar-refractivity contribution in [1.29, 1.82) is 5.26 Å². The molecule has 0 aliphatic heterocycles. The largest absolute Gasteiger partial charge is 0.397 e. The Morgan fingerprint density at radius 2 is 2.17 bits per heavy atom. The van der Waals surface area contributed by atoms with E-state index >= 15 is 0 Å². The van der Waals surface area contributed by atoms with Gasteiger partial charge in [0.15, 0.2) is 0 Å². The molecule has 0 amide bonds. The maximum atomic E-state index is 9.11. The van der Waals surface area contributed by atoms with Crippen molar-refractivity contribution < 1.29 is 0 Å². The summed E-state index contributed by atoms with van der Waals surface area (Å²) in [6, 6.07) is 2.66. The molecule has 1 aliphatic carbocycles. The molecule has 0 aromatic carbocycles. The van der Waals surface area contributed by atoms with Crippen LogP contribution in [-0.4, -0.2) is 6.04 Å². The van der Waals surface area contributed by atoms with Gasteiger partial charge in [0.25, 0.3) is 0 Å². The Kier molecular flexibility index (Phi) is 3.82. The van der Waals surface area contributed by atoms with Crippen molar-refractivity contribution in [2.45, 2.75) is 52.0 Å². The number of nitrogens with zero attached hydrogens (tertiary/aromatic N) is 1. The van der Waals surface area contributed by atoms with Crippen LogP contribution in [0.25, 0.3) is 0 Å². The summed E-state index contributed by atoms with van der Waals surface area (Å²) in [4.78, 5) is 0.665. The molecule has 0 saturated heterocycles. The standard InChI is InChI=1S/C14H21N3S/c1-4-10(8(2)3)17-14-12(9-5-6-9)13(16)11(7-15)18-14/h8-10,17H,4-6,16H2,1-3H3. The first kappa shape index (κ1) is 13.2. The van der Waals surface area contributed by atoms with Gasteiger partial charge in [0.05, 0.1) is 10.7 Å². The number of nitrogen functional groups attached to an aromatic ring is 1. The van der Waals surface area contributed by atoms with E-state index in [1.807, 2.05) is 0 Å². The van der Waals surface area contributed by atoms with Gasteiger partial charge >= 0.3 is 0 Å². The summed E-state index contributed by atoms with van der Waals surface area (Å²) < 4.78 is 0. The second-order valence-electron chi connectivity index (χ2n) is 5.38. The number of rotatable bonds is 5. The van der Waals surface area contributed by atoms with E-state index in [-0.39, 0.29) is 0 Å². The van der Waals surface area contributed by atoms with Crippen LogP contribution in [0, 0.1) is 17.2 Å². The van der Waals surface area contributed by atoms with Gasteiger partial charge in [-0.3, -0.25) is 0 Å². The minimum atomic E-state index is 0.451. The maximum Gasteiger partial charge on any atom is 0.130 e. The topological polar surface area (TPSA) is 61.8 Å². The van der Waals surface area contributed by atoms with Gasteiger partial charge in [0.2, 0.25) is 0 Å². The highest BCUT2D eigenvalue weighted by molar-refractivity contribution is 7.17. The van der Waals surface area contributed by atoms with Gasteiger partial charge in [0, 0.05) is 11.6 Å². The maximum absolute atomic E-state index is 9.11. The van der Waals surface area contributed by atoms with Gasteiger partial charge in [-0.15, -0.1) is 11.3 Å². The Balaban J connectivity index is 2.29. The molecule has 1 aliphatic rings. The second-order valence-corrected chi connectivity index (χ2v) is 6.40. The van der Waals surface area contributed by atoms with Crippen LogP contribution in [0.4, 0.5) is 10.7 Å². The number of nitrogens with one attached hydrogen (secondary N) is 1. The summed E-state index contributed by atoms with van der Waals surface area (Å²) in [5, 5.41) is 13.8. The van der Waals surface area contributed by atoms with Gasteiger partial charge in [-0.05, 0) is 31.1 Å². The number of nitriles is 1. The van der Waals surface area contributed by atoms with E-state index in [0.29, 0.717) is 28.4 Å². The van der Waals surface area contributed by atoms with Crippen molar-refractivity contribution in [2.75, 3.05) is 11.1 Å². The van der Waals surface area contributed by atoms with Gasteiger partial charge in [-0.1, -0.05) is 20.8 Å². The Bertz CT molecular complexity index is 466. The summed E-state index contributed by atoms with van der Waals surface area (Å²) >= 11 is 1.52. The number of anilines is 2. The average molecular weight is 263 g/mol. The van der Waals surface area contributed by atoms with Crippen LogP contribution >= 0.6 is 11.3 Å². The van der Waals surface area contributed by atoms with Crippen molar-refractivity contribution >= 4 is 22.0 Å². The molecule has 1 atom stereocenters. The zero-order valence-electron chi connectivity index (χ0n) is 11.3. The quantitative estimate of drug-likeness (QED) is 0.846. The summed E-state index contributed by atoms with van der Waals surface area (Å²) in [5.74, 6) is 1.16. The minimum Gasteiger partial charge on any atom is -0.397 e. The monoisotopic (exact) mass is 263 g/mol. The zero-order chi connectivity index (χ0) is 13.3. The average Bonchev–Trinajstić information content (AvgIpc) is 3.11. The van der Waals surface area contributed by atoms with E-state index in [2.05, 4.69) is 32.2 Å². The molecular formula is C14H21N3S. The zero-order valence-corrected chi connectivity index (χ0v) is 12.1. The highest BCUT2D eigenvalue weighted by atomic mass is 32.1. The van der Waals surface area contributed by atoms with Gasteiger partial charge in [0.1, 0.15) is 10.9 Å². The van der Waals surface area contributed by atoms with Gasteiger partial charge in [-0.25, -0.2) is 0 Å². The van der Waals surface area contributed by atoms with Crippen molar-refractivity contribution in [1.82, 2.24) is 0 Å². The molecule has 1 unspecified atom stereocenters. The third-order valence-corrected chi connectivity index (χ3v) is 4.69. The van der Waals surface area contributed by atoms with Crippen molar-refractivity contribution in [2.24, 2.45) is 5.92 Å². The number of thiophene rings is 1. The highest BCUT2D eigenvalue weighted by Gasteiger charge is 2.32. The van der Waals surface area contributed by atoms with E-state index in [1.54, 1.807) is 0 Å². The third kappa shape index (κ3) is 2.46. The first-order valence-corrected chi connectivity index (χ1v) is 7.48. The van der Waals surface area contributed by atoms with Crippen LogP contribution in [0.3, 0.4) is 0 Å². The molecule has 2 rings (SSSR count). The lowest BCUT2D eigenvalue weighted by Gasteiger charge is -2.22. The molecule has 0 bridgehead atoms. The first-order valence-electron chi connectivity index (χ1n) is 6.67. The summed E-state index contributed by atoms with van der Waals surface area (Å²) in [6.45, 7) is 6.64. The molecular weight excluding hydrogens is 242 g/mol. The fraction of sp³-hybridized carbons (Fsp3) is 0.643. The molecule has 3 N–H and O–H groups in total. The van der Waals surface area contributed by atoms with Gasteiger partial charge in [-0.2, -0.15) is 5.26 Å². The predicted molar refractivity (Wildman–Crippen MR) is 78.0 cm³/mol. The van der Waals surface area contributed by atoms with E-state index in [1.165, 1.54) is 29.7 Å². The lowest BCUT2D eigenvalue weighted by molar-refractivity contribution is 0.512. The van der Waals surface area contributed by atoms with Crippen LogP contribution in [-0.2, 0) is 0 Å². The van der Waals surface area contributed by atoms with Crippen LogP contribution in [0.15, 0.2) is 0 Å². The van der Waals surface area contributed by atoms with E-state index in [0.717, 1.165) is 11.4 Å². The van der Waals surface area contributed by atoms with E-state index in [9.17, 15) is 0 Å². The molecule has 1 aromatic rings. The molecule has 1 heterocycles. The SMILES string of the molecule is CCC(Nc1sc(C#N)c(N)c1C1CC1)C(C)C. The molecule has 98 valence electrons. The number of nitrogens with two attached hydrogens (primary N) is 1. The molecule has 0 radical (unpaired) electrons. The lowest BCUT2D eigenvalue weighted by atomic mass is 10.0. The van der Waals surface area contributed by atoms with Crippen molar-refractivity contribution in [3.05, 3.63) is 10.4 Å². The molecule has 0 spiro atoms. The molecule has 1 fully saturated rings. The van der Waals surface area contributed by atoms with Crippen LogP contribution in [0.5, 0.6) is 0 Å². The van der Waals surface area contributed by atoms with E-state index < -0.39 is 0 Å². The molecule has 18 heavy (non-hydrogen) atoms. The Hall–Kier alpha value is -1.21. The fourth-order valence-corrected chi connectivity index (χ4v) is 3.40. The van der Waals surface area contributed by atoms with Crippen LogP contribution < -0.4 is 11.1 Å². The number of hydrogen-bond donors (Lipinski definition) is 2. The summed E-state index contributed by atoms with van der Waals surface area (Å²) in [6.07, 6.45) is 3.50. The van der Waals surface area contributed by atoms with E-state index in [4.69, 9.17) is 11.0 Å². The number of hydrogen-bond acceptors (Lipinski definition) is 4. The van der Waals surface area contributed by atoms with Gasteiger partial charge < -0.3 is 11.1 Å². The molecule has 4 heteroatoms. The smallest absolute Gasteiger partial charge is 0.130 e. The normalized spacial score (nSPS) is 16.6. The summed E-state index contributed by atoms with van der Waals surface area (Å²) in [5.41, 5.74) is 8.02. The van der Waals surface area contributed by atoms with Crippen molar-refractivity contribution in [3.63, 3.8) is 0 Å². The minimum absolute atomic E-state index is 0.451. The molecule has 1 saturated carbocycles.